The summed E-state index contributed by atoms with van der Waals surface area (Å²) in [6.07, 6.45) is 0. The van der Waals surface area contributed by atoms with Crippen molar-refractivity contribution >= 4 is 5.97 Å². The third kappa shape index (κ3) is 41.9. The summed E-state index contributed by atoms with van der Waals surface area (Å²) in [6, 6.07) is 0. The molecule has 0 saturated carbocycles. The summed E-state index contributed by atoms with van der Waals surface area (Å²) in [5.41, 5.74) is 0. The Balaban J connectivity index is -0.0000000450. The van der Waals surface area contributed by atoms with E-state index in [0.29, 0.717) is 0 Å². The standard InChI is InChI=1S/C2H4O2.K.Re/c1-2(3)4;;/h1H3,(H,3,4);;/q;+1;/p-1. The molecule has 0 saturated heterocycles. The summed E-state index contributed by atoms with van der Waals surface area (Å²) in [6.45, 7) is 0.972. The average molecular weight is 284 g/mol. The number of carbonyl (C=O) groups excluding carboxylic acids is 1. The number of carboxylic acid groups (broad SMARTS) is 1. The second kappa shape index (κ2) is 9.91. The quantitative estimate of drug-likeness (QED) is 0.423. The Morgan fingerprint density at radius 1 is 1.67 bits per heavy atom. The fraction of sp³-hybridized carbons (Fsp3) is 0.500. The van der Waals surface area contributed by atoms with E-state index in [1.165, 1.54) is 0 Å². The molecular formula is C2H3KO2Re. The first-order valence-corrected chi connectivity index (χ1v) is 0.908. The number of hydrogen-bond donors (Lipinski definition) is 0. The summed E-state index contributed by atoms with van der Waals surface area (Å²) in [7, 11) is 0. The zero-order chi connectivity index (χ0) is 3.58. The van der Waals surface area contributed by atoms with Crippen molar-refractivity contribution in [3.63, 3.8) is 0 Å². The summed E-state index contributed by atoms with van der Waals surface area (Å²) in [5, 5.41) is 8.89. The van der Waals surface area contributed by atoms with E-state index in [1.54, 1.807) is 0 Å². The van der Waals surface area contributed by atoms with Crippen LogP contribution in [0.15, 0.2) is 0 Å². The van der Waals surface area contributed by atoms with Crippen LogP contribution in [-0.2, 0) is 25.2 Å². The van der Waals surface area contributed by atoms with Gasteiger partial charge < -0.3 is 9.90 Å². The van der Waals surface area contributed by atoms with Crippen molar-refractivity contribution in [1.82, 2.24) is 0 Å². The maximum atomic E-state index is 8.89. The van der Waals surface area contributed by atoms with Crippen LogP contribution in [0.2, 0.25) is 0 Å². The number of carbonyl (C=O) groups is 1. The van der Waals surface area contributed by atoms with Crippen LogP contribution in [0.4, 0.5) is 0 Å². The predicted molar refractivity (Wildman–Crippen MR) is 10.7 cm³/mol. The van der Waals surface area contributed by atoms with Crippen molar-refractivity contribution in [2.75, 3.05) is 0 Å². The van der Waals surface area contributed by atoms with Crippen LogP contribution in [0.25, 0.3) is 0 Å². The van der Waals surface area contributed by atoms with Crippen molar-refractivity contribution < 1.29 is 81.7 Å². The van der Waals surface area contributed by atoms with Gasteiger partial charge in [0.1, 0.15) is 0 Å². The van der Waals surface area contributed by atoms with Crippen molar-refractivity contribution in [3.8, 4) is 0 Å². The molecule has 0 atom stereocenters. The Labute approximate surface area is 92.8 Å². The Morgan fingerprint density at radius 3 is 1.67 bits per heavy atom. The molecule has 0 unspecified atom stereocenters. The third-order valence-electron chi connectivity index (χ3n) is 0. The zero-order valence-corrected chi connectivity index (χ0v) is 9.53. The van der Waals surface area contributed by atoms with E-state index < -0.39 is 5.97 Å². The normalized spacial score (nSPS) is 4.17. The van der Waals surface area contributed by atoms with Crippen molar-refractivity contribution in [1.29, 1.82) is 0 Å². The van der Waals surface area contributed by atoms with Crippen molar-refractivity contribution in [3.05, 3.63) is 0 Å². The second-order valence-electron chi connectivity index (χ2n) is 0.492. The summed E-state index contributed by atoms with van der Waals surface area (Å²) in [5.74, 6) is -1.08. The molecule has 0 rings (SSSR count). The van der Waals surface area contributed by atoms with Gasteiger partial charge in [-0.3, -0.25) is 0 Å². The first-order valence-electron chi connectivity index (χ1n) is 0.908. The molecule has 0 fully saturated rings. The van der Waals surface area contributed by atoms with Crippen LogP contribution in [-0.4, -0.2) is 5.97 Å². The van der Waals surface area contributed by atoms with Crippen LogP contribution < -0.4 is 56.5 Å². The molecule has 31 valence electrons. The Morgan fingerprint density at radius 2 is 1.67 bits per heavy atom. The van der Waals surface area contributed by atoms with E-state index in [-0.39, 0.29) is 71.8 Å². The van der Waals surface area contributed by atoms with Gasteiger partial charge in [0.15, 0.2) is 0 Å². The molecule has 6 heavy (non-hydrogen) atoms. The Bertz CT molecular complexity index is 34.5. The van der Waals surface area contributed by atoms with E-state index in [0.717, 1.165) is 6.92 Å². The van der Waals surface area contributed by atoms with Gasteiger partial charge in [0.05, 0.1) is 0 Å². The molecule has 0 aromatic rings. The van der Waals surface area contributed by atoms with E-state index >= 15 is 0 Å². The molecule has 1 radical (unpaired) electrons. The van der Waals surface area contributed by atoms with Gasteiger partial charge >= 0.3 is 51.4 Å². The fourth-order valence-electron chi connectivity index (χ4n) is 0. The second-order valence-corrected chi connectivity index (χ2v) is 0.492. The van der Waals surface area contributed by atoms with E-state index in [1.807, 2.05) is 0 Å². The zero-order valence-electron chi connectivity index (χ0n) is 3.69. The molecule has 0 aromatic carbocycles. The maximum Gasteiger partial charge on any atom is 1.00 e. The number of rotatable bonds is 0. The molecule has 0 aliphatic heterocycles. The molecule has 0 amide bonds. The SMILES string of the molecule is CC(=O)[O-].[K+].[Re]. The van der Waals surface area contributed by atoms with Gasteiger partial charge in [-0.05, 0) is 6.92 Å². The van der Waals surface area contributed by atoms with Gasteiger partial charge in [-0.25, -0.2) is 0 Å². The van der Waals surface area contributed by atoms with Crippen LogP contribution in [0.5, 0.6) is 0 Å². The smallest absolute Gasteiger partial charge is 0.550 e. The van der Waals surface area contributed by atoms with Crippen LogP contribution >= 0.6 is 0 Å². The third-order valence-corrected chi connectivity index (χ3v) is 0. The molecule has 0 aliphatic carbocycles. The van der Waals surface area contributed by atoms with Gasteiger partial charge in [-0.15, -0.1) is 0 Å². The Hall–Kier alpha value is 1.77. The minimum atomic E-state index is -1.08. The van der Waals surface area contributed by atoms with Gasteiger partial charge in [0, 0.05) is 26.4 Å². The minimum absolute atomic E-state index is 0. The molecule has 0 aromatic heterocycles. The molecule has 0 N–H and O–H groups in total. The molecule has 2 nitrogen and oxygen atoms in total. The number of hydrogen-bond acceptors (Lipinski definition) is 2. The molecule has 0 heterocycles. The van der Waals surface area contributed by atoms with E-state index in [4.69, 9.17) is 9.90 Å². The number of carboxylic acids is 1. The van der Waals surface area contributed by atoms with Crippen LogP contribution in [0.1, 0.15) is 6.92 Å². The maximum absolute atomic E-state index is 8.89. The fourth-order valence-corrected chi connectivity index (χ4v) is 0. The Kier molecular flexibility index (Phi) is 25.8. The average Bonchev–Trinajstić information content (AvgIpc) is 0.811. The summed E-state index contributed by atoms with van der Waals surface area (Å²) in [4.78, 5) is 8.89. The van der Waals surface area contributed by atoms with Crippen LogP contribution in [0, 0.1) is 0 Å². The van der Waals surface area contributed by atoms with Crippen molar-refractivity contribution in [2.24, 2.45) is 0 Å². The first-order chi connectivity index (χ1) is 1.73. The van der Waals surface area contributed by atoms with Gasteiger partial charge in [0.2, 0.25) is 0 Å². The number of aliphatic carboxylic acids is 1. The topological polar surface area (TPSA) is 40.1 Å². The molecule has 0 aliphatic rings. The van der Waals surface area contributed by atoms with Gasteiger partial charge in [-0.2, -0.15) is 0 Å². The van der Waals surface area contributed by atoms with Crippen LogP contribution in [0.3, 0.4) is 0 Å². The summed E-state index contributed by atoms with van der Waals surface area (Å²) < 4.78 is 0. The summed E-state index contributed by atoms with van der Waals surface area (Å²) >= 11 is 0. The molecule has 0 bridgehead atoms. The van der Waals surface area contributed by atoms with Gasteiger partial charge in [0.25, 0.3) is 0 Å². The molecule has 0 spiro atoms. The first kappa shape index (κ1) is 15.7. The minimum Gasteiger partial charge on any atom is -0.550 e. The largest absolute Gasteiger partial charge is 1.00 e. The van der Waals surface area contributed by atoms with Gasteiger partial charge in [-0.1, -0.05) is 0 Å². The monoisotopic (exact) mass is 285 g/mol. The molecule has 4 heteroatoms. The van der Waals surface area contributed by atoms with Crippen molar-refractivity contribution in [2.45, 2.75) is 6.92 Å². The van der Waals surface area contributed by atoms with E-state index in [9.17, 15) is 0 Å². The van der Waals surface area contributed by atoms with E-state index in [2.05, 4.69) is 0 Å². The molecular weight excluding hydrogens is 281 g/mol. The predicted octanol–water partition coefficient (Wildman–Crippen LogP) is -4.24.